The Bertz CT molecular complexity index is 2680. The van der Waals surface area contributed by atoms with Gasteiger partial charge in [-0.3, -0.25) is 29.3 Å². The van der Waals surface area contributed by atoms with Crippen molar-refractivity contribution in [1.82, 2.24) is 45.2 Å². The van der Waals surface area contributed by atoms with Gasteiger partial charge in [-0.05, 0) is 98.3 Å². The highest BCUT2D eigenvalue weighted by molar-refractivity contribution is 6.05. The predicted molar refractivity (Wildman–Crippen MR) is 270 cm³/mol. The molecule has 5 heterocycles. The summed E-state index contributed by atoms with van der Waals surface area (Å²) in [5, 5.41) is 17.4. The Morgan fingerprint density at radius 1 is 0.822 bits per heavy atom. The van der Waals surface area contributed by atoms with E-state index < -0.39 is 11.9 Å². The first-order valence-corrected chi connectivity index (χ1v) is 25.2. The molecule has 0 spiro atoms. The molecule has 2 atom stereocenters. The number of hydrogen-bond acceptors (Lipinski definition) is 15. The van der Waals surface area contributed by atoms with Gasteiger partial charge in [0.1, 0.15) is 23.8 Å². The van der Waals surface area contributed by atoms with Gasteiger partial charge >= 0.3 is 0 Å². The Kier molecular flexibility index (Phi) is 18.5. The van der Waals surface area contributed by atoms with Crippen molar-refractivity contribution in [1.29, 1.82) is 0 Å². The number of fused-ring (bicyclic) bond motifs is 1. The monoisotopic (exact) mass is 999 g/mol. The number of hydrogen-bond donors (Lipinski definition) is 3. The van der Waals surface area contributed by atoms with Gasteiger partial charge in [0.05, 0.1) is 58.6 Å². The van der Waals surface area contributed by atoms with Crippen molar-refractivity contribution >= 4 is 40.9 Å². The number of nitrogens with zero attached hydrogens (tertiary/aromatic N) is 8. The minimum atomic E-state index is -0.642. The van der Waals surface area contributed by atoms with Crippen molar-refractivity contribution in [3.63, 3.8) is 0 Å². The van der Waals surface area contributed by atoms with E-state index in [1.54, 1.807) is 23.2 Å². The topological polar surface area (TPSA) is 225 Å². The molecule has 3 aliphatic heterocycles. The third-order valence-corrected chi connectivity index (χ3v) is 13.2. The number of aromatic nitrogens is 5. The van der Waals surface area contributed by atoms with E-state index in [0.717, 1.165) is 59.8 Å². The summed E-state index contributed by atoms with van der Waals surface area (Å²) in [6.45, 7) is 8.64. The van der Waals surface area contributed by atoms with Gasteiger partial charge in [0.15, 0.2) is 11.6 Å². The Hall–Kier alpha value is -7.29. The van der Waals surface area contributed by atoms with Crippen molar-refractivity contribution in [2.75, 3.05) is 82.6 Å². The van der Waals surface area contributed by atoms with Gasteiger partial charge < -0.3 is 48.8 Å². The van der Waals surface area contributed by atoms with E-state index in [0.29, 0.717) is 121 Å². The molecule has 2 fully saturated rings. The van der Waals surface area contributed by atoms with Crippen LogP contribution < -0.4 is 25.6 Å². The highest BCUT2D eigenvalue weighted by atomic mass is 16.5. The first-order valence-electron chi connectivity index (χ1n) is 25.2. The second-order valence-corrected chi connectivity index (χ2v) is 18.3. The van der Waals surface area contributed by atoms with E-state index in [-0.39, 0.29) is 36.1 Å². The summed E-state index contributed by atoms with van der Waals surface area (Å²) in [7, 11) is 1.88. The molecule has 3 aromatic carbocycles. The van der Waals surface area contributed by atoms with Crippen LogP contribution in [-0.4, -0.2) is 143 Å². The molecule has 73 heavy (non-hydrogen) atoms. The molecule has 0 radical (unpaired) electrons. The molecule has 5 amide bonds. The third-order valence-electron chi connectivity index (χ3n) is 13.2. The summed E-state index contributed by atoms with van der Waals surface area (Å²) in [5.74, 6) is 1.09. The van der Waals surface area contributed by atoms with Crippen LogP contribution in [0.25, 0.3) is 11.5 Å². The van der Waals surface area contributed by atoms with Crippen molar-refractivity contribution < 1.29 is 42.9 Å². The molecule has 3 N–H and O–H groups in total. The number of amides is 5. The quantitative estimate of drug-likeness (QED) is 0.0497. The lowest BCUT2D eigenvalue weighted by Gasteiger charge is -2.36. The SMILES string of the molecule is CC(NC(=O)c1cccc(NCc2nnc(-c3ccncn3)n2C)c1)c1cccc(OCCCCCCOCCOCCOCCC(=O)N2CCN(c3ccc4c(c3)CN(C3CCC(=O)NC3=O)C4=O)CC2)c1. The maximum Gasteiger partial charge on any atom is 0.255 e. The number of nitrogens with one attached hydrogen (secondary N) is 3. The van der Waals surface area contributed by atoms with Gasteiger partial charge in [-0.2, -0.15) is 0 Å². The highest BCUT2D eigenvalue weighted by Crippen LogP contribution is 2.31. The number of unbranched alkanes of at least 4 members (excludes halogenated alkanes) is 3. The maximum atomic E-state index is 13.3. The maximum absolute atomic E-state index is 13.3. The Balaban J connectivity index is 0.610. The number of carbonyl (C=O) groups excluding carboxylic acids is 5. The van der Waals surface area contributed by atoms with Crippen LogP contribution in [0.5, 0.6) is 5.75 Å². The van der Waals surface area contributed by atoms with Crippen LogP contribution in [0.15, 0.2) is 85.3 Å². The zero-order valence-electron chi connectivity index (χ0n) is 41.6. The van der Waals surface area contributed by atoms with Crippen molar-refractivity contribution in [2.24, 2.45) is 7.05 Å². The number of imide groups is 1. The number of carbonyl (C=O) groups is 5. The molecular weight excluding hydrogens is 935 g/mol. The Labute approximate surface area is 425 Å². The summed E-state index contributed by atoms with van der Waals surface area (Å²) in [6, 6.07) is 21.8. The minimum Gasteiger partial charge on any atom is -0.494 e. The van der Waals surface area contributed by atoms with E-state index in [1.165, 1.54) is 6.33 Å². The lowest BCUT2D eigenvalue weighted by Crippen LogP contribution is -2.52. The van der Waals surface area contributed by atoms with Crippen LogP contribution in [-0.2, 0) is 48.7 Å². The normalized spacial score (nSPS) is 16.1. The fourth-order valence-electron chi connectivity index (χ4n) is 9.03. The number of benzene rings is 3. The fourth-order valence-corrected chi connectivity index (χ4v) is 9.03. The molecule has 0 aliphatic carbocycles. The summed E-state index contributed by atoms with van der Waals surface area (Å²) in [4.78, 5) is 77.1. The average Bonchev–Trinajstić information content (AvgIpc) is 3.95. The van der Waals surface area contributed by atoms with E-state index in [2.05, 4.69) is 41.0 Å². The zero-order chi connectivity index (χ0) is 50.9. The van der Waals surface area contributed by atoms with Crippen molar-refractivity contribution in [3.05, 3.63) is 113 Å². The molecule has 0 saturated carbocycles. The molecule has 2 unspecified atom stereocenters. The van der Waals surface area contributed by atoms with Crippen LogP contribution in [0, 0.1) is 0 Å². The number of anilines is 2. The van der Waals surface area contributed by atoms with Crippen molar-refractivity contribution in [3.8, 4) is 17.3 Å². The van der Waals surface area contributed by atoms with Crippen LogP contribution in [0.2, 0.25) is 0 Å². The van der Waals surface area contributed by atoms with E-state index in [1.807, 2.05) is 84.1 Å². The predicted octanol–water partition coefficient (Wildman–Crippen LogP) is 4.86. The summed E-state index contributed by atoms with van der Waals surface area (Å²) >= 11 is 0. The van der Waals surface area contributed by atoms with E-state index >= 15 is 0 Å². The molecule has 2 saturated heterocycles. The molecular formula is C53H65N11O9. The Morgan fingerprint density at radius 3 is 2.37 bits per heavy atom. The molecule has 20 nitrogen and oxygen atoms in total. The van der Waals surface area contributed by atoms with E-state index in [9.17, 15) is 24.0 Å². The average molecular weight is 1000 g/mol. The van der Waals surface area contributed by atoms with Gasteiger partial charge in [-0.1, -0.05) is 24.6 Å². The first kappa shape index (κ1) is 52.0. The summed E-state index contributed by atoms with van der Waals surface area (Å²) in [6.07, 6.45) is 7.92. The van der Waals surface area contributed by atoms with Gasteiger partial charge in [0, 0.05) is 81.5 Å². The van der Waals surface area contributed by atoms with Gasteiger partial charge in [0.25, 0.3) is 11.8 Å². The fraction of sp³-hybridized carbons (Fsp3) is 0.453. The summed E-state index contributed by atoms with van der Waals surface area (Å²) in [5.41, 5.74) is 5.39. The highest BCUT2D eigenvalue weighted by Gasteiger charge is 2.39. The van der Waals surface area contributed by atoms with Crippen LogP contribution in [0.3, 0.4) is 0 Å². The molecule has 2 aromatic heterocycles. The van der Waals surface area contributed by atoms with Gasteiger partial charge in [0.2, 0.25) is 17.7 Å². The van der Waals surface area contributed by atoms with Crippen LogP contribution in [0.4, 0.5) is 11.4 Å². The third kappa shape index (κ3) is 14.2. The number of ether oxygens (including phenoxy) is 4. The lowest BCUT2D eigenvalue weighted by atomic mass is 10.0. The largest absolute Gasteiger partial charge is 0.494 e. The van der Waals surface area contributed by atoms with Crippen LogP contribution >= 0.6 is 0 Å². The lowest BCUT2D eigenvalue weighted by molar-refractivity contribution is -0.137. The number of piperidine rings is 1. The van der Waals surface area contributed by atoms with Gasteiger partial charge in [-0.15, -0.1) is 10.2 Å². The zero-order valence-corrected chi connectivity index (χ0v) is 41.6. The second kappa shape index (κ2) is 25.9. The molecule has 8 rings (SSSR count). The number of rotatable bonds is 26. The molecule has 20 heteroatoms. The molecule has 0 bridgehead atoms. The molecule has 3 aliphatic rings. The smallest absolute Gasteiger partial charge is 0.255 e. The number of piperazine rings is 1. The van der Waals surface area contributed by atoms with Crippen molar-refractivity contribution in [2.45, 2.75) is 77.0 Å². The van der Waals surface area contributed by atoms with E-state index in [4.69, 9.17) is 18.9 Å². The standard InChI is InChI=1S/C53H65N11O9/c1-37(57-51(67)39-10-7-11-41(31-39)55-34-47-59-60-50(61(47)2)45-17-19-54-36-56-45)38-9-8-12-43(33-38)73-25-6-4-3-5-24-70-27-29-72-30-28-71-26-18-49(66)63-22-20-62(21-23-63)42-13-14-44-40(32-42)35-64(53(44)69)46-15-16-48(65)58-52(46)68/h7-14,17,19,31-33,36-37,46,55H,3-6,15-16,18,20-30,34-35H2,1-2H3,(H,57,67)(H,58,65,68). The molecule has 5 aromatic rings. The van der Waals surface area contributed by atoms with Crippen LogP contribution in [0.1, 0.15) is 95.6 Å². The first-order chi connectivity index (χ1) is 35.6. The Morgan fingerprint density at radius 2 is 1.59 bits per heavy atom. The minimum absolute atomic E-state index is 0.0562. The second-order valence-electron chi connectivity index (χ2n) is 18.3. The van der Waals surface area contributed by atoms with Gasteiger partial charge in [-0.25, -0.2) is 9.97 Å². The molecule has 386 valence electrons. The summed E-state index contributed by atoms with van der Waals surface area (Å²) < 4.78 is 25.0.